The average Bonchev–Trinajstić information content (AvgIpc) is 2.38. The molecule has 6 nitrogen and oxygen atoms in total. The van der Waals surface area contributed by atoms with E-state index in [4.69, 9.17) is 5.11 Å². The van der Waals surface area contributed by atoms with Crippen molar-refractivity contribution in [1.29, 1.82) is 0 Å². The fraction of sp³-hybridized carbons (Fsp3) is 0.462. The van der Waals surface area contributed by atoms with Gasteiger partial charge in [0.2, 0.25) is 10.0 Å². The van der Waals surface area contributed by atoms with Crippen molar-refractivity contribution < 1.29 is 18.3 Å². The number of carbonyl (C=O) groups is 1. The van der Waals surface area contributed by atoms with Crippen molar-refractivity contribution in [2.75, 3.05) is 11.9 Å². The van der Waals surface area contributed by atoms with Crippen LogP contribution in [0.3, 0.4) is 0 Å². The van der Waals surface area contributed by atoms with Crippen molar-refractivity contribution in [3.05, 3.63) is 24.3 Å². The van der Waals surface area contributed by atoms with Gasteiger partial charge in [-0.3, -0.25) is 4.79 Å². The number of carboxylic acids is 1. The van der Waals surface area contributed by atoms with Crippen molar-refractivity contribution in [2.45, 2.75) is 37.6 Å². The fourth-order valence-electron chi connectivity index (χ4n) is 1.75. The molecule has 1 aromatic rings. The predicted octanol–water partition coefficient (Wildman–Crippen LogP) is 1.65. The number of hydrogen-bond acceptors (Lipinski definition) is 4. The molecule has 1 atom stereocenters. The molecule has 0 saturated heterocycles. The number of benzene rings is 1. The predicted molar refractivity (Wildman–Crippen MR) is 77.3 cm³/mol. The second-order valence-corrected chi connectivity index (χ2v) is 6.14. The first-order valence-corrected chi connectivity index (χ1v) is 7.95. The van der Waals surface area contributed by atoms with E-state index >= 15 is 0 Å². The summed E-state index contributed by atoms with van der Waals surface area (Å²) in [5.74, 6) is -0.865. The van der Waals surface area contributed by atoms with Gasteiger partial charge in [0.05, 0.1) is 11.3 Å². The molecule has 1 aromatic carbocycles. The monoisotopic (exact) mass is 300 g/mol. The largest absolute Gasteiger partial charge is 0.481 e. The molecule has 0 spiro atoms. The summed E-state index contributed by atoms with van der Waals surface area (Å²) in [5.41, 5.74) is 0.702. The Bertz CT molecular complexity index is 540. The number of aliphatic carboxylic acids is 1. The van der Waals surface area contributed by atoms with E-state index in [1.807, 2.05) is 6.92 Å². The van der Waals surface area contributed by atoms with Gasteiger partial charge in [0, 0.05) is 18.3 Å². The Morgan fingerprint density at radius 2 is 1.85 bits per heavy atom. The van der Waals surface area contributed by atoms with E-state index in [0.717, 1.165) is 0 Å². The molecule has 20 heavy (non-hydrogen) atoms. The first-order chi connectivity index (χ1) is 9.39. The van der Waals surface area contributed by atoms with Gasteiger partial charge in [-0.05, 0) is 30.7 Å². The Labute approximate surface area is 119 Å². The van der Waals surface area contributed by atoms with Crippen LogP contribution in [0.15, 0.2) is 29.2 Å². The van der Waals surface area contributed by atoms with Crippen LogP contribution in [-0.4, -0.2) is 32.1 Å². The molecular weight excluding hydrogens is 280 g/mol. The molecule has 0 bridgehead atoms. The van der Waals surface area contributed by atoms with Gasteiger partial charge < -0.3 is 10.4 Å². The minimum atomic E-state index is -3.45. The highest BCUT2D eigenvalue weighted by molar-refractivity contribution is 7.89. The third-order valence-electron chi connectivity index (χ3n) is 2.78. The molecule has 0 amide bonds. The Balaban J connectivity index is 2.78. The second kappa shape index (κ2) is 7.25. The van der Waals surface area contributed by atoms with E-state index < -0.39 is 16.0 Å². The van der Waals surface area contributed by atoms with Crippen LogP contribution < -0.4 is 10.0 Å². The maximum Gasteiger partial charge on any atom is 0.305 e. The van der Waals surface area contributed by atoms with Crippen LogP contribution in [0, 0.1) is 0 Å². The lowest BCUT2D eigenvalue weighted by Gasteiger charge is -2.16. The molecule has 3 N–H and O–H groups in total. The van der Waals surface area contributed by atoms with Crippen molar-refractivity contribution in [1.82, 2.24) is 4.72 Å². The zero-order chi connectivity index (χ0) is 15.2. The molecule has 1 unspecified atom stereocenters. The third-order valence-corrected chi connectivity index (χ3v) is 4.35. The highest BCUT2D eigenvalue weighted by atomic mass is 32.2. The summed E-state index contributed by atoms with van der Waals surface area (Å²) >= 11 is 0. The molecule has 0 radical (unpaired) electrons. The molecule has 1 rings (SSSR count). The van der Waals surface area contributed by atoms with E-state index in [9.17, 15) is 13.2 Å². The zero-order valence-corrected chi connectivity index (χ0v) is 12.4. The van der Waals surface area contributed by atoms with Crippen LogP contribution in [0.4, 0.5) is 5.69 Å². The van der Waals surface area contributed by atoms with Gasteiger partial charge in [-0.2, -0.15) is 0 Å². The molecule has 7 heteroatoms. The topological polar surface area (TPSA) is 95.5 Å². The van der Waals surface area contributed by atoms with Crippen molar-refractivity contribution in [3.63, 3.8) is 0 Å². The Morgan fingerprint density at radius 3 is 2.30 bits per heavy atom. The van der Waals surface area contributed by atoms with Gasteiger partial charge in [0.1, 0.15) is 0 Å². The molecule has 0 aromatic heterocycles. The van der Waals surface area contributed by atoms with Gasteiger partial charge in [-0.1, -0.05) is 13.8 Å². The summed E-state index contributed by atoms with van der Waals surface area (Å²) in [6.07, 6.45) is 0.692. The van der Waals surface area contributed by atoms with Gasteiger partial charge in [-0.15, -0.1) is 0 Å². The molecule has 0 aliphatic rings. The average molecular weight is 300 g/mol. The first-order valence-electron chi connectivity index (χ1n) is 6.47. The Morgan fingerprint density at radius 1 is 1.25 bits per heavy atom. The van der Waals surface area contributed by atoms with Crippen LogP contribution in [0.1, 0.15) is 26.7 Å². The van der Waals surface area contributed by atoms with Crippen LogP contribution in [0.5, 0.6) is 0 Å². The molecule has 0 aliphatic heterocycles. The van der Waals surface area contributed by atoms with Crippen LogP contribution in [0.25, 0.3) is 0 Å². The summed E-state index contributed by atoms with van der Waals surface area (Å²) in [5, 5.41) is 11.8. The fourth-order valence-corrected chi connectivity index (χ4v) is 2.79. The quantitative estimate of drug-likeness (QED) is 0.678. The number of nitrogens with one attached hydrogen (secondary N) is 2. The summed E-state index contributed by atoms with van der Waals surface area (Å²) in [6.45, 7) is 3.94. The summed E-state index contributed by atoms with van der Waals surface area (Å²) in [7, 11) is -3.45. The van der Waals surface area contributed by atoms with E-state index in [-0.39, 0.29) is 17.4 Å². The first kappa shape index (κ1) is 16.5. The van der Waals surface area contributed by atoms with E-state index in [1.54, 1.807) is 19.1 Å². The molecule has 0 heterocycles. The van der Waals surface area contributed by atoms with Gasteiger partial charge in [0.15, 0.2) is 0 Å². The lowest BCUT2D eigenvalue weighted by Crippen LogP contribution is -2.23. The molecular formula is C13H20N2O4S. The summed E-state index contributed by atoms with van der Waals surface area (Å²) in [6, 6.07) is 6.08. The van der Waals surface area contributed by atoms with Crippen molar-refractivity contribution in [3.8, 4) is 0 Å². The van der Waals surface area contributed by atoms with Gasteiger partial charge in [-0.25, -0.2) is 13.1 Å². The van der Waals surface area contributed by atoms with E-state index in [1.165, 1.54) is 12.1 Å². The molecule has 0 saturated carbocycles. The lowest BCUT2D eigenvalue weighted by molar-refractivity contribution is -0.137. The number of rotatable bonds is 8. The zero-order valence-electron chi connectivity index (χ0n) is 11.6. The van der Waals surface area contributed by atoms with Gasteiger partial charge >= 0.3 is 5.97 Å². The molecule has 0 fully saturated rings. The second-order valence-electron chi connectivity index (χ2n) is 4.37. The minimum absolute atomic E-state index is 0.0218. The molecule has 0 aliphatic carbocycles. The van der Waals surface area contributed by atoms with E-state index in [2.05, 4.69) is 10.0 Å². The smallest absolute Gasteiger partial charge is 0.305 e. The Kier molecular flexibility index (Phi) is 5.97. The van der Waals surface area contributed by atoms with Crippen LogP contribution in [0.2, 0.25) is 0 Å². The summed E-state index contributed by atoms with van der Waals surface area (Å²) in [4.78, 5) is 10.9. The van der Waals surface area contributed by atoms with E-state index in [0.29, 0.717) is 18.7 Å². The van der Waals surface area contributed by atoms with Crippen LogP contribution >= 0.6 is 0 Å². The van der Waals surface area contributed by atoms with Gasteiger partial charge in [0.25, 0.3) is 0 Å². The Hall–Kier alpha value is -1.60. The standard InChI is InChI=1S/C13H20N2O4S/c1-3-10(9-13(16)17)15-11-5-7-12(8-6-11)20(18,19)14-4-2/h5-8,10,14-15H,3-4,9H2,1-2H3,(H,16,17). The highest BCUT2D eigenvalue weighted by Crippen LogP contribution is 2.16. The third kappa shape index (κ3) is 4.82. The number of sulfonamides is 1. The maximum absolute atomic E-state index is 11.8. The maximum atomic E-state index is 11.8. The van der Waals surface area contributed by atoms with Crippen molar-refractivity contribution >= 4 is 21.7 Å². The van der Waals surface area contributed by atoms with Crippen molar-refractivity contribution in [2.24, 2.45) is 0 Å². The number of carboxylic acid groups (broad SMARTS) is 1. The SMILES string of the molecule is CCNS(=O)(=O)c1ccc(NC(CC)CC(=O)O)cc1. The number of anilines is 1. The van der Waals surface area contributed by atoms with Crippen LogP contribution in [-0.2, 0) is 14.8 Å². The lowest BCUT2D eigenvalue weighted by atomic mass is 10.1. The normalized spacial score (nSPS) is 12.9. The minimum Gasteiger partial charge on any atom is -0.481 e. The highest BCUT2D eigenvalue weighted by Gasteiger charge is 2.14. The molecule has 112 valence electrons. The number of hydrogen-bond donors (Lipinski definition) is 3. The summed E-state index contributed by atoms with van der Waals surface area (Å²) < 4.78 is 25.9.